The first-order valence-electron chi connectivity index (χ1n) is 9.98. The number of allylic oxidation sites excluding steroid dienone is 2. The van der Waals surface area contributed by atoms with Gasteiger partial charge in [0, 0.05) is 31.1 Å². The molecule has 1 saturated heterocycles. The molecule has 0 bridgehead atoms. The van der Waals surface area contributed by atoms with E-state index in [1.54, 1.807) is 7.11 Å². The van der Waals surface area contributed by atoms with Crippen LogP contribution in [0.1, 0.15) is 23.2 Å². The Kier molecular flexibility index (Phi) is 4.75. The van der Waals surface area contributed by atoms with E-state index in [4.69, 9.17) is 14.2 Å². The maximum atomic E-state index is 10.0. The molecule has 29 heavy (non-hydrogen) atoms. The van der Waals surface area contributed by atoms with Crippen molar-refractivity contribution in [3.63, 3.8) is 0 Å². The minimum absolute atomic E-state index is 0.00885. The first-order chi connectivity index (χ1) is 14.2. The van der Waals surface area contributed by atoms with E-state index < -0.39 is 5.91 Å². The molecule has 1 aromatic heterocycles. The highest BCUT2D eigenvalue weighted by molar-refractivity contribution is 5.76. The number of ether oxygens (including phenoxy) is 3. The van der Waals surface area contributed by atoms with Crippen molar-refractivity contribution in [2.24, 2.45) is 0 Å². The molecule has 0 spiro atoms. The first kappa shape index (κ1) is 18.6. The number of nitrogens with zero attached hydrogens (tertiary/aromatic N) is 1. The minimum Gasteiger partial charge on any atom is -0.392 e. The zero-order valence-corrected chi connectivity index (χ0v) is 16.4. The van der Waals surface area contributed by atoms with Crippen LogP contribution in [0, 0.1) is 0 Å². The Morgan fingerprint density at radius 3 is 3.00 bits per heavy atom. The van der Waals surface area contributed by atoms with Crippen molar-refractivity contribution in [2.75, 3.05) is 20.3 Å². The third kappa shape index (κ3) is 3.51. The topological polar surface area (TPSA) is 88.6 Å². The summed E-state index contributed by atoms with van der Waals surface area (Å²) in [5.74, 6) is -0.989. The molecule has 2 aliphatic heterocycles. The highest BCUT2D eigenvalue weighted by atomic mass is 16.7. The normalized spacial score (nSPS) is 28.3. The van der Waals surface area contributed by atoms with E-state index >= 15 is 0 Å². The summed E-state index contributed by atoms with van der Waals surface area (Å²) in [5, 5.41) is 20.9. The predicted octanol–water partition coefficient (Wildman–Crippen LogP) is 2.14. The summed E-state index contributed by atoms with van der Waals surface area (Å²) in [5.41, 5.74) is 6.22. The van der Waals surface area contributed by atoms with Gasteiger partial charge in [-0.25, -0.2) is 0 Å². The number of nitrogens with one attached hydrogen (secondary N) is 2. The highest BCUT2D eigenvalue weighted by Crippen LogP contribution is 2.33. The van der Waals surface area contributed by atoms with Crippen molar-refractivity contribution in [1.82, 2.24) is 15.5 Å². The molecule has 5 rings (SSSR count). The summed E-state index contributed by atoms with van der Waals surface area (Å²) in [7, 11) is 1.61. The van der Waals surface area contributed by atoms with Crippen molar-refractivity contribution in [3.05, 3.63) is 59.4 Å². The van der Waals surface area contributed by atoms with Crippen LogP contribution < -0.4 is 5.32 Å². The molecular formula is C22H25N3O4. The second kappa shape index (κ2) is 7.42. The van der Waals surface area contributed by atoms with Crippen LogP contribution in [0.4, 0.5) is 0 Å². The average molecular weight is 395 g/mol. The number of hydrogen-bond acceptors (Lipinski definition) is 6. The quantitative estimate of drug-likeness (QED) is 0.673. The van der Waals surface area contributed by atoms with E-state index in [-0.39, 0.29) is 12.2 Å². The van der Waals surface area contributed by atoms with Crippen LogP contribution in [-0.2, 0) is 27.1 Å². The number of aromatic amines is 1. The van der Waals surface area contributed by atoms with Crippen LogP contribution in [0.2, 0.25) is 0 Å². The first-order valence-corrected chi connectivity index (χ1v) is 9.98. The van der Waals surface area contributed by atoms with E-state index in [9.17, 15) is 5.11 Å². The fraction of sp³-hybridized carbons (Fsp3) is 0.409. The Balaban J connectivity index is 1.35. The number of methoxy groups -OCH3 is 1. The largest absolute Gasteiger partial charge is 0.392 e. The number of H-pyrrole nitrogens is 1. The van der Waals surface area contributed by atoms with E-state index in [0.29, 0.717) is 26.1 Å². The molecule has 152 valence electrons. The SMILES string of the molecule is COC1(OC2CCOC2)C=CC(c2cc(-c3cccc4c3CC(O)C4)[nH]n2)=CN1. The molecule has 3 unspecified atom stereocenters. The van der Waals surface area contributed by atoms with E-state index in [2.05, 4.69) is 27.6 Å². The molecule has 3 atom stereocenters. The van der Waals surface area contributed by atoms with Crippen molar-refractivity contribution < 1.29 is 19.3 Å². The Bertz CT molecular complexity index is 961. The molecule has 7 nitrogen and oxygen atoms in total. The standard InChI is InChI=1S/C22H25N3O4/c1-27-22(29-17-6-8-28-13-17)7-5-15(12-23-22)20-11-21(25-24-20)18-4-2-3-14-9-16(26)10-19(14)18/h2-5,7,11-12,16-17,23,26H,6,8-10,13H2,1H3,(H,24,25). The molecule has 0 amide bonds. The lowest BCUT2D eigenvalue weighted by molar-refractivity contribution is -0.226. The van der Waals surface area contributed by atoms with Gasteiger partial charge in [-0.1, -0.05) is 18.2 Å². The summed E-state index contributed by atoms with van der Waals surface area (Å²) in [6, 6.07) is 8.22. The molecule has 7 heteroatoms. The van der Waals surface area contributed by atoms with Crippen LogP contribution in [0.5, 0.6) is 0 Å². The van der Waals surface area contributed by atoms with Crippen molar-refractivity contribution in [1.29, 1.82) is 0 Å². The van der Waals surface area contributed by atoms with E-state index in [1.807, 2.05) is 30.5 Å². The fourth-order valence-corrected chi connectivity index (χ4v) is 4.22. The van der Waals surface area contributed by atoms with Crippen molar-refractivity contribution >= 4 is 5.57 Å². The lowest BCUT2D eigenvalue weighted by Gasteiger charge is -2.33. The van der Waals surface area contributed by atoms with Gasteiger partial charge in [0.05, 0.1) is 30.2 Å². The molecule has 2 aromatic rings. The number of dihydropyridines is 1. The summed E-state index contributed by atoms with van der Waals surface area (Å²) < 4.78 is 17.0. The number of aliphatic hydroxyl groups is 1. The highest BCUT2D eigenvalue weighted by Gasteiger charge is 2.34. The monoisotopic (exact) mass is 395 g/mol. The summed E-state index contributed by atoms with van der Waals surface area (Å²) in [6.07, 6.45) is 7.65. The number of aromatic nitrogens is 2. The number of hydrogen-bond donors (Lipinski definition) is 3. The number of fused-ring (bicyclic) bond motifs is 1. The average Bonchev–Trinajstić information content (AvgIpc) is 3.48. The maximum Gasteiger partial charge on any atom is 0.270 e. The van der Waals surface area contributed by atoms with E-state index in [0.717, 1.165) is 28.9 Å². The number of aliphatic hydroxyl groups excluding tert-OH is 1. The zero-order valence-electron chi connectivity index (χ0n) is 16.4. The Morgan fingerprint density at radius 1 is 1.31 bits per heavy atom. The van der Waals surface area contributed by atoms with Crippen LogP contribution >= 0.6 is 0 Å². The molecule has 1 fully saturated rings. The second-order valence-corrected chi connectivity index (χ2v) is 7.72. The predicted molar refractivity (Wildman–Crippen MR) is 108 cm³/mol. The van der Waals surface area contributed by atoms with Crippen LogP contribution in [0.25, 0.3) is 16.8 Å². The van der Waals surface area contributed by atoms with Gasteiger partial charge in [-0.05, 0) is 48.6 Å². The van der Waals surface area contributed by atoms with Crippen LogP contribution in [0.3, 0.4) is 0 Å². The molecule has 0 saturated carbocycles. The van der Waals surface area contributed by atoms with Gasteiger partial charge in [-0.15, -0.1) is 0 Å². The van der Waals surface area contributed by atoms with Gasteiger partial charge >= 0.3 is 0 Å². The van der Waals surface area contributed by atoms with E-state index in [1.165, 1.54) is 11.1 Å². The van der Waals surface area contributed by atoms with Gasteiger partial charge in [0.2, 0.25) is 0 Å². The molecule has 1 aliphatic carbocycles. The zero-order chi connectivity index (χ0) is 19.8. The lowest BCUT2D eigenvalue weighted by Crippen LogP contribution is -2.48. The molecule has 3 heterocycles. The molecule has 1 aromatic carbocycles. The van der Waals surface area contributed by atoms with Crippen molar-refractivity contribution in [2.45, 2.75) is 37.4 Å². The van der Waals surface area contributed by atoms with Gasteiger partial charge < -0.3 is 24.6 Å². The third-order valence-electron chi connectivity index (χ3n) is 5.78. The number of benzene rings is 1. The van der Waals surface area contributed by atoms with Gasteiger partial charge in [-0.2, -0.15) is 5.10 Å². The number of rotatable bonds is 5. The van der Waals surface area contributed by atoms with Crippen LogP contribution in [-0.4, -0.2) is 53.7 Å². The summed E-state index contributed by atoms with van der Waals surface area (Å²) >= 11 is 0. The molecule has 0 radical (unpaired) electrons. The second-order valence-electron chi connectivity index (χ2n) is 7.72. The van der Waals surface area contributed by atoms with Crippen molar-refractivity contribution in [3.8, 4) is 11.3 Å². The molecular weight excluding hydrogens is 370 g/mol. The summed E-state index contributed by atoms with van der Waals surface area (Å²) in [6.45, 7) is 1.29. The smallest absolute Gasteiger partial charge is 0.270 e. The maximum absolute atomic E-state index is 10.0. The lowest BCUT2D eigenvalue weighted by atomic mass is 10.00. The Hall–Kier alpha value is -2.45. The summed E-state index contributed by atoms with van der Waals surface area (Å²) in [4.78, 5) is 0. The minimum atomic E-state index is -0.989. The van der Waals surface area contributed by atoms with Gasteiger partial charge in [0.1, 0.15) is 0 Å². The fourth-order valence-electron chi connectivity index (χ4n) is 4.22. The van der Waals surface area contributed by atoms with Gasteiger partial charge in [0.15, 0.2) is 0 Å². The molecule has 3 aliphatic rings. The molecule has 3 N–H and O–H groups in total. The Morgan fingerprint density at radius 2 is 2.24 bits per heavy atom. The Labute approximate surface area is 169 Å². The third-order valence-corrected chi connectivity index (χ3v) is 5.78. The van der Waals surface area contributed by atoms with Gasteiger partial charge in [0.25, 0.3) is 5.91 Å². The van der Waals surface area contributed by atoms with Gasteiger partial charge in [-0.3, -0.25) is 5.10 Å². The van der Waals surface area contributed by atoms with Crippen LogP contribution in [0.15, 0.2) is 42.6 Å².